The van der Waals surface area contributed by atoms with Crippen LogP contribution in [0.15, 0.2) is 78.3 Å². The molecule has 0 fully saturated rings. The Kier molecular flexibility index (Phi) is 4.69. The highest BCUT2D eigenvalue weighted by Gasteiger charge is 2.26. The van der Waals surface area contributed by atoms with Crippen molar-refractivity contribution in [3.63, 3.8) is 0 Å². The first-order chi connectivity index (χ1) is 12.7. The van der Waals surface area contributed by atoms with Crippen molar-refractivity contribution in [2.24, 2.45) is 0 Å². The standard InChI is InChI=1S/C22H20N2OS/c1-15(20-12-7-13-26-20)24-21(16-8-3-2-4-9-16)22(25)18-14-23-19-11-6-5-10-17(18)19/h2-15,21,23-24H,1H3/t15-,21+/m1/s1. The Morgan fingerprint density at radius 1 is 1.00 bits per heavy atom. The van der Waals surface area contributed by atoms with E-state index in [-0.39, 0.29) is 11.8 Å². The minimum atomic E-state index is -0.396. The molecule has 0 amide bonds. The van der Waals surface area contributed by atoms with Crippen LogP contribution in [0.2, 0.25) is 0 Å². The number of hydrogen-bond acceptors (Lipinski definition) is 3. The Morgan fingerprint density at radius 2 is 1.77 bits per heavy atom. The minimum Gasteiger partial charge on any atom is -0.360 e. The SMILES string of the molecule is C[C@@H](N[C@H](C(=O)c1c[nH]c2ccccc12)c1ccccc1)c1cccs1. The van der Waals surface area contributed by atoms with Gasteiger partial charge in [-0.25, -0.2) is 0 Å². The van der Waals surface area contributed by atoms with Crippen LogP contribution >= 0.6 is 11.3 Å². The first-order valence-electron chi connectivity index (χ1n) is 8.69. The molecule has 0 unspecified atom stereocenters. The fourth-order valence-electron chi connectivity index (χ4n) is 3.27. The molecule has 2 aromatic heterocycles. The summed E-state index contributed by atoms with van der Waals surface area (Å²) in [6.45, 7) is 2.10. The number of H-pyrrole nitrogens is 1. The van der Waals surface area contributed by atoms with Gasteiger partial charge in [0.25, 0.3) is 0 Å². The number of benzene rings is 2. The van der Waals surface area contributed by atoms with E-state index < -0.39 is 6.04 Å². The van der Waals surface area contributed by atoms with Crippen molar-refractivity contribution in [2.75, 3.05) is 0 Å². The summed E-state index contributed by atoms with van der Waals surface area (Å²) in [5, 5.41) is 6.56. The molecule has 4 heteroatoms. The van der Waals surface area contributed by atoms with Crippen molar-refractivity contribution in [3.05, 3.63) is 94.3 Å². The highest BCUT2D eigenvalue weighted by molar-refractivity contribution is 7.10. The van der Waals surface area contributed by atoms with Gasteiger partial charge in [-0.2, -0.15) is 0 Å². The molecule has 26 heavy (non-hydrogen) atoms. The molecule has 0 bridgehead atoms. The average molecular weight is 360 g/mol. The molecule has 2 N–H and O–H groups in total. The molecule has 2 heterocycles. The number of thiophene rings is 1. The zero-order chi connectivity index (χ0) is 17.9. The van der Waals surface area contributed by atoms with Gasteiger partial charge in [-0.1, -0.05) is 54.6 Å². The molecule has 3 nitrogen and oxygen atoms in total. The predicted octanol–water partition coefficient (Wildman–Crippen LogP) is 5.50. The number of ketones is 1. The van der Waals surface area contributed by atoms with Gasteiger partial charge in [-0.05, 0) is 30.0 Å². The zero-order valence-corrected chi connectivity index (χ0v) is 15.3. The summed E-state index contributed by atoms with van der Waals surface area (Å²) >= 11 is 1.70. The van der Waals surface area contributed by atoms with Crippen LogP contribution in [0, 0.1) is 0 Å². The normalized spacial score (nSPS) is 13.6. The molecule has 4 rings (SSSR count). The van der Waals surface area contributed by atoms with Gasteiger partial charge in [-0.15, -0.1) is 11.3 Å². The van der Waals surface area contributed by atoms with E-state index in [0.29, 0.717) is 0 Å². The molecule has 130 valence electrons. The van der Waals surface area contributed by atoms with Crippen molar-refractivity contribution < 1.29 is 4.79 Å². The largest absolute Gasteiger partial charge is 0.360 e. The van der Waals surface area contributed by atoms with Gasteiger partial charge in [0.1, 0.15) is 0 Å². The lowest BCUT2D eigenvalue weighted by Gasteiger charge is -2.22. The van der Waals surface area contributed by atoms with E-state index >= 15 is 0 Å². The maximum Gasteiger partial charge on any atom is 0.186 e. The molecule has 2 aromatic carbocycles. The molecule has 0 spiro atoms. The topological polar surface area (TPSA) is 44.9 Å². The number of aromatic amines is 1. The maximum atomic E-state index is 13.4. The van der Waals surface area contributed by atoms with Gasteiger partial charge in [0.05, 0.1) is 6.04 Å². The molecule has 0 radical (unpaired) electrons. The number of aromatic nitrogens is 1. The van der Waals surface area contributed by atoms with E-state index in [9.17, 15) is 4.79 Å². The molecule has 4 aromatic rings. The Hall–Kier alpha value is -2.69. The van der Waals surface area contributed by atoms with E-state index in [1.165, 1.54) is 4.88 Å². The summed E-state index contributed by atoms with van der Waals surface area (Å²) in [6.07, 6.45) is 1.82. The zero-order valence-electron chi connectivity index (χ0n) is 14.5. The fourth-order valence-corrected chi connectivity index (χ4v) is 4.01. The molecule has 0 saturated carbocycles. The van der Waals surface area contributed by atoms with Crippen LogP contribution in [0.1, 0.15) is 39.8 Å². The van der Waals surface area contributed by atoms with Crippen molar-refractivity contribution in [1.29, 1.82) is 0 Å². The minimum absolute atomic E-state index is 0.0806. The van der Waals surface area contributed by atoms with E-state index in [1.807, 2.05) is 66.9 Å². The van der Waals surface area contributed by atoms with E-state index in [2.05, 4.69) is 28.7 Å². The van der Waals surface area contributed by atoms with Gasteiger partial charge in [0.15, 0.2) is 5.78 Å². The lowest BCUT2D eigenvalue weighted by atomic mass is 9.96. The molecule has 0 aliphatic carbocycles. The number of carbonyl (C=O) groups is 1. The highest BCUT2D eigenvalue weighted by Crippen LogP contribution is 2.28. The van der Waals surface area contributed by atoms with Crippen molar-refractivity contribution >= 4 is 28.0 Å². The van der Waals surface area contributed by atoms with Gasteiger partial charge in [0, 0.05) is 33.6 Å². The third-order valence-electron chi connectivity index (χ3n) is 4.64. The Morgan fingerprint density at radius 3 is 2.54 bits per heavy atom. The van der Waals surface area contributed by atoms with Gasteiger partial charge >= 0.3 is 0 Å². The fraction of sp³-hybridized carbons (Fsp3) is 0.136. The number of fused-ring (bicyclic) bond motifs is 1. The first-order valence-corrected chi connectivity index (χ1v) is 9.57. The summed E-state index contributed by atoms with van der Waals surface area (Å²) in [4.78, 5) is 17.9. The monoisotopic (exact) mass is 360 g/mol. The van der Waals surface area contributed by atoms with E-state index in [0.717, 1.165) is 22.0 Å². The van der Waals surface area contributed by atoms with Crippen LogP contribution in [-0.2, 0) is 0 Å². The summed E-state index contributed by atoms with van der Waals surface area (Å²) < 4.78 is 0. The Balaban J connectivity index is 1.71. The summed E-state index contributed by atoms with van der Waals surface area (Å²) in [6, 6.07) is 21.7. The van der Waals surface area contributed by atoms with Crippen LogP contribution in [0.25, 0.3) is 10.9 Å². The molecule has 0 aliphatic rings. The third-order valence-corrected chi connectivity index (χ3v) is 5.69. The highest BCUT2D eigenvalue weighted by atomic mass is 32.1. The predicted molar refractivity (Wildman–Crippen MR) is 108 cm³/mol. The quantitative estimate of drug-likeness (QED) is 0.446. The molecular weight excluding hydrogens is 340 g/mol. The Bertz CT molecular complexity index is 1010. The molecular formula is C22H20N2OS. The lowest BCUT2D eigenvalue weighted by Crippen LogP contribution is -2.30. The van der Waals surface area contributed by atoms with Crippen LogP contribution < -0.4 is 5.32 Å². The first kappa shape index (κ1) is 16.8. The number of hydrogen-bond donors (Lipinski definition) is 2. The average Bonchev–Trinajstić information content (AvgIpc) is 3.36. The van der Waals surface area contributed by atoms with Crippen molar-refractivity contribution in [2.45, 2.75) is 19.0 Å². The number of carbonyl (C=O) groups excluding carboxylic acids is 1. The summed E-state index contributed by atoms with van der Waals surface area (Å²) in [7, 11) is 0. The van der Waals surface area contributed by atoms with Crippen molar-refractivity contribution in [1.82, 2.24) is 10.3 Å². The second-order valence-electron chi connectivity index (χ2n) is 6.36. The Labute approximate surface area is 156 Å². The molecule has 0 saturated heterocycles. The third kappa shape index (κ3) is 3.21. The van der Waals surface area contributed by atoms with Crippen molar-refractivity contribution in [3.8, 4) is 0 Å². The van der Waals surface area contributed by atoms with Gasteiger partial charge in [0.2, 0.25) is 0 Å². The number of rotatable bonds is 6. The molecule has 2 atom stereocenters. The lowest BCUT2D eigenvalue weighted by molar-refractivity contribution is 0.0938. The summed E-state index contributed by atoms with van der Waals surface area (Å²) in [5.74, 6) is 0.0806. The smallest absolute Gasteiger partial charge is 0.186 e. The van der Waals surface area contributed by atoms with Crippen LogP contribution in [0.4, 0.5) is 0 Å². The van der Waals surface area contributed by atoms with Crippen LogP contribution in [0.5, 0.6) is 0 Å². The van der Waals surface area contributed by atoms with Crippen LogP contribution in [0.3, 0.4) is 0 Å². The summed E-state index contributed by atoms with van der Waals surface area (Å²) in [5.41, 5.74) is 2.68. The van der Waals surface area contributed by atoms with Gasteiger partial charge in [-0.3, -0.25) is 10.1 Å². The number of Topliss-reactive ketones (excluding diaryl/α,β-unsaturated/α-hetero) is 1. The van der Waals surface area contributed by atoms with E-state index in [4.69, 9.17) is 0 Å². The second kappa shape index (κ2) is 7.28. The maximum absolute atomic E-state index is 13.4. The van der Waals surface area contributed by atoms with E-state index in [1.54, 1.807) is 11.3 Å². The number of nitrogens with one attached hydrogen (secondary N) is 2. The van der Waals surface area contributed by atoms with Crippen LogP contribution in [-0.4, -0.2) is 10.8 Å². The number of para-hydroxylation sites is 1. The molecule has 0 aliphatic heterocycles. The van der Waals surface area contributed by atoms with Gasteiger partial charge < -0.3 is 4.98 Å². The second-order valence-corrected chi connectivity index (χ2v) is 7.34.